The summed E-state index contributed by atoms with van der Waals surface area (Å²) in [4.78, 5) is 171. The van der Waals surface area contributed by atoms with Gasteiger partial charge in [-0.3, -0.25) is 57.9 Å². The number of nitrogens with zero attached hydrogens (tertiary/aromatic N) is 4. The first-order chi connectivity index (χ1) is 37.1. The number of nitrogens with one attached hydrogen (secondary N) is 8. The standard InChI is InChI=1S/C44H59N15O18S2/c1-18(60)19(2)79-78-17-28(42(76)77)57-39(72)27(14-32(66)67)56-38(71)26(13-31(64)65)55-36(69)23(4-3-11-48-43(45)46)53-37(70)25(12-30(62)63)52-29(61)10-9-24(41(74)75)54-35(68)20-5-7-21(8-6-20)49-15-22-16-50-34-33(51-22)40(73)59-44(47)58-34/h5-8,16,18-19,23-28,49,60H,3-4,9-15,17H2,1-2H3,(H,52,61)(H,53,70)(H,54,68)(H,55,69)(H,56,71)(H,57,72)(H,62,63)(H,64,65)(H,66,67)(H,74,75)(H,76,77)(H4,45,46,48)(H3,47,50,58,59,73)/t18?,19?,23?,24-,25-,26-,27?,28-/m0/s1. The van der Waals surface area contributed by atoms with Crippen molar-refractivity contribution in [3.8, 4) is 0 Å². The van der Waals surface area contributed by atoms with Crippen LogP contribution in [0.2, 0.25) is 0 Å². The second-order valence-corrected chi connectivity index (χ2v) is 19.9. The topological polar surface area (TPSA) is 555 Å². The van der Waals surface area contributed by atoms with Gasteiger partial charge >= 0.3 is 29.8 Å². The van der Waals surface area contributed by atoms with E-state index in [0.717, 1.165) is 21.6 Å². The summed E-state index contributed by atoms with van der Waals surface area (Å²) < 4.78 is 0. The number of nitrogen functional groups attached to an aromatic ring is 1. The fraction of sp³-hybridized carbons (Fsp3) is 0.455. The Morgan fingerprint density at radius 3 is 1.72 bits per heavy atom. The highest BCUT2D eigenvalue weighted by Crippen LogP contribution is 2.29. The van der Waals surface area contributed by atoms with E-state index >= 15 is 0 Å². The second-order valence-electron chi connectivity index (χ2n) is 17.1. The van der Waals surface area contributed by atoms with Gasteiger partial charge in [0.05, 0.1) is 43.8 Å². The van der Waals surface area contributed by atoms with Crippen molar-refractivity contribution in [1.82, 2.24) is 51.8 Å². The molecule has 2 aromatic heterocycles. The number of carboxylic acids is 5. The lowest BCUT2D eigenvalue weighted by Gasteiger charge is -2.26. The SMILES string of the molecule is CC(O)C(C)SSC[C@H](NC(=O)C(CC(=O)O)NC(=O)[C@H](CC(=O)O)NC(=O)C(CCCN=C(N)N)NC(=O)[C@H](CC(=O)O)NC(=O)CC[C@H](NC(=O)c1ccc(NCc2cnc3nc(N)[nH]c(=O)c3n2)cc1)C(=O)O)C(=O)O. The minimum Gasteiger partial charge on any atom is -0.481 e. The van der Waals surface area contributed by atoms with Crippen molar-refractivity contribution < 1.29 is 83.4 Å². The van der Waals surface area contributed by atoms with Crippen molar-refractivity contribution in [2.75, 3.05) is 23.3 Å². The van der Waals surface area contributed by atoms with E-state index in [1.807, 2.05) is 5.32 Å². The molecule has 0 spiro atoms. The van der Waals surface area contributed by atoms with E-state index in [2.05, 4.69) is 56.8 Å². The summed E-state index contributed by atoms with van der Waals surface area (Å²) in [5.74, 6) is -16.4. The lowest BCUT2D eigenvalue weighted by molar-refractivity contribution is -0.144. The van der Waals surface area contributed by atoms with Crippen LogP contribution >= 0.6 is 21.6 Å². The van der Waals surface area contributed by atoms with Crippen LogP contribution in [0.15, 0.2) is 40.2 Å². The number of hydrogen-bond acceptors (Lipinski definition) is 21. The van der Waals surface area contributed by atoms with Gasteiger partial charge in [0.25, 0.3) is 11.5 Å². The fourth-order valence-electron chi connectivity index (χ4n) is 6.51. The average molecular weight is 1150 g/mol. The molecule has 0 aliphatic carbocycles. The van der Waals surface area contributed by atoms with Gasteiger partial charge in [-0.05, 0) is 57.4 Å². The highest BCUT2D eigenvalue weighted by molar-refractivity contribution is 8.77. The zero-order valence-electron chi connectivity index (χ0n) is 42.0. The highest BCUT2D eigenvalue weighted by Gasteiger charge is 2.35. The van der Waals surface area contributed by atoms with Crippen LogP contribution in [0, 0.1) is 0 Å². The summed E-state index contributed by atoms with van der Waals surface area (Å²) in [6, 6.07) is -5.63. The Labute approximate surface area is 454 Å². The third kappa shape index (κ3) is 22.7. The number of aromatic amines is 1. The number of aliphatic hydroxyl groups excluding tert-OH is 1. The minimum absolute atomic E-state index is 0.00603. The van der Waals surface area contributed by atoms with Crippen LogP contribution in [0.25, 0.3) is 11.2 Å². The smallest absolute Gasteiger partial charge is 0.327 e. The van der Waals surface area contributed by atoms with E-state index < -0.39 is 152 Å². The number of guanidine groups is 1. The molecule has 8 atom stereocenters. The Morgan fingerprint density at radius 1 is 0.684 bits per heavy atom. The monoisotopic (exact) mass is 1150 g/mol. The quantitative estimate of drug-likeness (QED) is 0.0117. The van der Waals surface area contributed by atoms with Gasteiger partial charge in [0.15, 0.2) is 17.1 Å². The molecule has 0 bridgehead atoms. The predicted molar refractivity (Wildman–Crippen MR) is 279 cm³/mol. The largest absolute Gasteiger partial charge is 0.481 e. The maximum Gasteiger partial charge on any atom is 0.327 e. The van der Waals surface area contributed by atoms with Gasteiger partial charge in [0.2, 0.25) is 35.5 Å². The molecule has 20 N–H and O–H groups in total. The van der Waals surface area contributed by atoms with Crippen LogP contribution in [0.4, 0.5) is 11.6 Å². The predicted octanol–water partition coefficient (Wildman–Crippen LogP) is -3.99. The number of carbonyl (C=O) groups is 11. The number of hydrogen-bond donors (Lipinski definition) is 17. The lowest BCUT2D eigenvalue weighted by atomic mass is 10.1. The molecule has 33 nitrogen and oxygen atoms in total. The molecule has 4 unspecified atom stereocenters. The zero-order valence-corrected chi connectivity index (χ0v) is 43.6. The van der Waals surface area contributed by atoms with Crippen LogP contribution in [0.1, 0.15) is 74.8 Å². The van der Waals surface area contributed by atoms with Crippen molar-refractivity contribution in [3.05, 3.63) is 52.1 Å². The Bertz CT molecular complexity index is 2820. The molecule has 6 amide bonds. The molecule has 3 rings (SSSR count). The number of benzene rings is 1. The average Bonchev–Trinajstić information content (AvgIpc) is 3.36. The maximum atomic E-state index is 13.8. The van der Waals surface area contributed by atoms with Crippen molar-refractivity contribution in [2.24, 2.45) is 16.5 Å². The molecular formula is C44H59N15O18S2. The van der Waals surface area contributed by atoms with Crippen LogP contribution in [-0.4, -0.2) is 182 Å². The summed E-state index contributed by atoms with van der Waals surface area (Å²) in [5, 5.41) is 73.5. The summed E-state index contributed by atoms with van der Waals surface area (Å²) in [6.45, 7) is 3.05. The molecule has 430 valence electrons. The highest BCUT2D eigenvalue weighted by atomic mass is 33.1. The van der Waals surface area contributed by atoms with Gasteiger partial charge in [-0.1, -0.05) is 21.6 Å². The van der Waals surface area contributed by atoms with Gasteiger partial charge < -0.3 is 85.1 Å². The number of rotatable bonds is 34. The first-order valence-corrected chi connectivity index (χ1v) is 25.8. The summed E-state index contributed by atoms with van der Waals surface area (Å²) in [7, 11) is 2.05. The number of anilines is 2. The number of H-pyrrole nitrogens is 1. The number of fused-ring (bicyclic) bond motifs is 1. The van der Waals surface area contributed by atoms with E-state index in [9.17, 15) is 88.2 Å². The van der Waals surface area contributed by atoms with E-state index in [-0.39, 0.29) is 59.1 Å². The molecule has 3 aromatic rings. The molecule has 2 heterocycles. The molecule has 79 heavy (non-hydrogen) atoms. The van der Waals surface area contributed by atoms with E-state index in [4.69, 9.17) is 17.2 Å². The van der Waals surface area contributed by atoms with Crippen LogP contribution < -0.4 is 60.0 Å². The Morgan fingerprint density at radius 2 is 1.20 bits per heavy atom. The molecule has 1 aromatic carbocycles. The summed E-state index contributed by atoms with van der Waals surface area (Å²) in [6.07, 6.45) is -4.74. The van der Waals surface area contributed by atoms with Gasteiger partial charge in [-0.15, -0.1) is 0 Å². The second kappa shape index (κ2) is 31.4. The number of nitrogens with two attached hydrogens (primary N) is 3. The maximum absolute atomic E-state index is 13.8. The molecule has 0 aliphatic heterocycles. The zero-order chi connectivity index (χ0) is 59.1. The molecule has 0 saturated carbocycles. The number of aliphatic hydroxyl groups is 1. The van der Waals surface area contributed by atoms with Crippen molar-refractivity contribution in [3.63, 3.8) is 0 Å². The fourth-order valence-corrected chi connectivity index (χ4v) is 9.10. The van der Waals surface area contributed by atoms with Crippen molar-refractivity contribution >= 4 is 116 Å². The molecule has 0 fully saturated rings. The number of aliphatic imine (C=N–C) groups is 1. The molecule has 35 heteroatoms. The van der Waals surface area contributed by atoms with E-state index in [0.29, 0.717) is 11.4 Å². The van der Waals surface area contributed by atoms with Crippen molar-refractivity contribution in [1.29, 1.82) is 0 Å². The molecule has 0 aliphatic rings. The number of carbonyl (C=O) groups excluding carboxylic acids is 6. The first-order valence-electron chi connectivity index (χ1n) is 23.4. The number of carboxylic acid groups (broad SMARTS) is 5. The van der Waals surface area contributed by atoms with Crippen molar-refractivity contribution in [2.45, 2.75) is 113 Å². The molecule has 0 radical (unpaired) electrons. The number of aliphatic carboxylic acids is 5. The van der Waals surface area contributed by atoms with Crippen LogP contribution in [-0.2, 0) is 54.5 Å². The Balaban J connectivity index is 1.72. The van der Waals surface area contributed by atoms with E-state index in [1.54, 1.807) is 6.92 Å². The molecule has 0 saturated heterocycles. The van der Waals surface area contributed by atoms with E-state index in [1.165, 1.54) is 37.4 Å². The third-order valence-electron chi connectivity index (χ3n) is 10.8. The number of amides is 6. The van der Waals surface area contributed by atoms with Crippen LogP contribution in [0.3, 0.4) is 0 Å². The summed E-state index contributed by atoms with van der Waals surface area (Å²) in [5.41, 5.74) is 16.5. The van der Waals surface area contributed by atoms with Gasteiger partial charge in [0.1, 0.15) is 36.3 Å². The molecular weight excluding hydrogens is 1090 g/mol. The lowest BCUT2D eigenvalue weighted by Crippen LogP contribution is -2.59. The van der Waals surface area contributed by atoms with Crippen LogP contribution in [0.5, 0.6) is 0 Å². The van der Waals surface area contributed by atoms with Gasteiger partial charge in [-0.2, -0.15) is 4.98 Å². The third-order valence-corrected chi connectivity index (χ3v) is 13.8. The Kier molecular flexibility index (Phi) is 25.6. The normalized spacial score (nSPS) is 14.0. The van der Waals surface area contributed by atoms with Gasteiger partial charge in [0, 0.05) is 35.2 Å². The summed E-state index contributed by atoms with van der Waals surface area (Å²) >= 11 is 0. The van der Waals surface area contributed by atoms with Gasteiger partial charge in [-0.25, -0.2) is 19.6 Å². The first kappa shape index (κ1) is 64.4. The Hall–Kier alpha value is -8.86. The minimum atomic E-state index is -2.12. The number of aromatic nitrogens is 4.